The predicted octanol–water partition coefficient (Wildman–Crippen LogP) is 1.72. The van der Waals surface area contributed by atoms with Gasteiger partial charge in [0.05, 0.1) is 17.6 Å². The van der Waals surface area contributed by atoms with Gasteiger partial charge in [-0.1, -0.05) is 27.4 Å². The summed E-state index contributed by atoms with van der Waals surface area (Å²) in [7, 11) is 0. The maximum absolute atomic E-state index is 13.8. The highest BCUT2D eigenvalue weighted by Gasteiger charge is 2.78. The van der Waals surface area contributed by atoms with Crippen LogP contribution in [0, 0.1) is 34.0 Å². The first kappa shape index (κ1) is 25.8. The van der Waals surface area contributed by atoms with Gasteiger partial charge in [0.2, 0.25) is 0 Å². The van der Waals surface area contributed by atoms with Crippen LogP contribution in [0.25, 0.3) is 0 Å². The molecule has 35 heavy (non-hydrogen) atoms. The number of hydrogen-bond acceptors (Lipinski definition) is 9. The van der Waals surface area contributed by atoms with Crippen molar-refractivity contribution < 1.29 is 43.6 Å². The third-order valence-corrected chi connectivity index (χ3v) is 9.25. The fourth-order valence-electron chi connectivity index (χ4n) is 8.70. The Balaban J connectivity index is 1.94. The van der Waals surface area contributed by atoms with Crippen LogP contribution in [0.2, 0.25) is 0 Å². The minimum absolute atomic E-state index is 0.149. The van der Waals surface area contributed by atoms with E-state index in [9.17, 15) is 29.4 Å². The van der Waals surface area contributed by atoms with E-state index >= 15 is 0 Å². The predicted molar refractivity (Wildman–Crippen MR) is 121 cm³/mol. The van der Waals surface area contributed by atoms with Gasteiger partial charge in [0.15, 0.2) is 5.78 Å². The molecule has 194 valence electrons. The van der Waals surface area contributed by atoms with Gasteiger partial charge in [-0.2, -0.15) is 0 Å². The Hall–Kier alpha value is -2.26. The molecule has 0 aliphatic heterocycles. The number of esters is 3. The summed E-state index contributed by atoms with van der Waals surface area (Å²) in [5, 5.41) is 23.4. The number of aliphatic hydroxyl groups excluding tert-OH is 2. The van der Waals surface area contributed by atoms with Gasteiger partial charge in [0, 0.05) is 38.0 Å². The molecule has 10 unspecified atom stereocenters. The molecule has 9 heteroatoms. The van der Waals surface area contributed by atoms with E-state index in [0.29, 0.717) is 18.4 Å². The minimum Gasteiger partial charge on any atom is -0.459 e. The molecule has 4 rings (SSSR count). The van der Waals surface area contributed by atoms with Gasteiger partial charge in [-0.3, -0.25) is 19.2 Å². The fourth-order valence-corrected chi connectivity index (χ4v) is 8.70. The summed E-state index contributed by atoms with van der Waals surface area (Å²) >= 11 is 0. The second-order valence-electron chi connectivity index (χ2n) is 11.8. The zero-order valence-corrected chi connectivity index (χ0v) is 21.2. The van der Waals surface area contributed by atoms with Crippen molar-refractivity contribution in [3.63, 3.8) is 0 Å². The highest BCUT2D eigenvalue weighted by atomic mass is 16.6. The maximum atomic E-state index is 13.8. The summed E-state index contributed by atoms with van der Waals surface area (Å²) in [4.78, 5) is 50.1. The molecule has 4 aliphatic rings. The van der Waals surface area contributed by atoms with Crippen LogP contribution < -0.4 is 0 Å². The van der Waals surface area contributed by atoms with Gasteiger partial charge >= 0.3 is 17.9 Å². The number of aliphatic hydroxyl groups is 2. The average molecular weight is 493 g/mol. The summed E-state index contributed by atoms with van der Waals surface area (Å²) in [5.74, 6) is -3.69. The monoisotopic (exact) mass is 492 g/mol. The molecule has 0 aromatic heterocycles. The van der Waals surface area contributed by atoms with Crippen LogP contribution in [0.4, 0.5) is 0 Å². The summed E-state index contributed by atoms with van der Waals surface area (Å²) in [6, 6.07) is 0. The molecule has 4 fully saturated rings. The number of ketones is 1. The van der Waals surface area contributed by atoms with Crippen molar-refractivity contribution in [1.82, 2.24) is 0 Å². The van der Waals surface area contributed by atoms with E-state index in [4.69, 9.17) is 14.2 Å². The zero-order valence-electron chi connectivity index (χ0n) is 21.2. The third-order valence-electron chi connectivity index (χ3n) is 9.25. The molecule has 0 aromatic carbocycles. The molecule has 1 spiro atoms. The molecule has 10 atom stereocenters. The molecular weight excluding hydrogens is 456 g/mol. The molecule has 0 amide bonds. The SMILES string of the molecule is C=C1C(=O)C23CC1CC(O)C2C1(C)CC(OC(C)=O)C(OC(C)=O)C(C)(C)C1C(O)C3OC(C)=O. The van der Waals surface area contributed by atoms with Gasteiger partial charge in [-0.05, 0) is 36.2 Å². The summed E-state index contributed by atoms with van der Waals surface area (Å²) in [5.41, 5.74) is -2.88. The normalized spacial score (nSPS) is 45.7. The van der Waals surface area contributed by atoms with Crippen LogP contribution in [0.15, 0.2) is 12.2 Å². The number of hydrogen-bond donors (Lipinski definition) is 2. The Morgan fingerprint density at radius 2 is 1.43 bits per heavy atom. The molecule has 2 N–H and O–H groups in total. The highest BCUT2D eigenvalue weighted by Crippen LogP contribution is 2.71. The van der Waals surface area contributed by atoms with Crippen molar-refractivity contribution in [2.75, 3.05) is 0 Å². The lowest BCUT2D eigenvalue weighted by atomic mass is 9.38. The fraction of sp³-hybridized carbons (Fsp3) is 0.769. The van der Waals surface area contributed by atoms with Crippen molar-refractivity contribution in [3.8, 4) is 0 Å². The lowest BCUT2D eigenvalue weighted by molar-refractivity contribution is -0.298. The number of rotatable bonds is 3. The summed E-state index contributed by atoms with van der Waals surface area (Å²) < 4.78 is 17.0. The Kier molecular flexibility index (Phi) is 6.00. The van der Waals surface area contributed by atoms with Gasteiger partial charge in [0.1, 0.15) is 18.3 Å². The summed E-state index contributed by atoms with van der Waals surface area (Å²) in [6.07, 6.45) is -4.39. The molecule has 0 radical (unpaired) electrons. The molecule has 4 saturated carbocycles. The second kappa shape index (κ2) is 8.13. The van der Waals surface area contributed by atoms with Crippen LogP contribution >= 0.6 is 0 Å². The number of fused-ring (bicyclic) bond motifs is 3. The average Bonchev–Trinajstić information content (AvgIpc) is 2.88. The van der Waals surface area contributed by atoms with Crippen molar-refractivity contribution in [3.05, 3.63) is 12.2 Å². The topological polar surface area (TPSA) is 136 Å². The lowest BCUT2D eigenvalue weighted by Crippen LogP contribution is -2.75. The smallest absolute Gasteiger partial charge is 0.303 e. The van der Waals surface area contributed by atoms with Gasteiger partial charge < -0.3 is 24.4 Å². The third kappa shape index (κ3) is 3.49. The number of ether oxygens (including phenoxy) is 3. The van der Waals surface area contributed by atoms with Crippen molar-refractivity contribution in [2.45, 2.75) is 91.3 Å². The Morgan fingerprint density at radius 1 is 0.886 bits per heavy atom. The number of carbonyl (C=O) groups is 4. The highest BCUT2D eigenvalue weighted by molar-refractivity contribution is 6.04. The molecule has 0 aromatic rings. The van der Waals surface area contributed by atoms with E-state index in [1.54, 1.807) is 13.8 Å². The van der Waals surface area contributed by atoms with E-state index in [-0.39, 0.29) is 18.1 Å². The first-order valence-corrected chi connectivity index (χ1v) is 12.2. The number of allylic oxidation sites excluding steroid dienone is 1. The van der Waals surface area contributed by atoms with E-state index in [2.05, 4.69) is 6.58 Å². The Labute approximate surface area is 205 Å². The van der Waals surface area contributed by atoms with Gasteiger partial charge in [0.25, 0.3) is 0 Å². The largest absolute Gasteiger partial charge is 0.459 e. The van der Waals surface area contributed by atoms with Gasteiger partial charge in [-0.15, -0.1) is 0 Å². The minimum atomic E-state index is -1.35. The zero-order chi connectivity index (χ0) is 26.2. The van der Waals surface area contributed by atoms with E-state index in [1.165, 1.54) is 20.8 Å². The van der Waals surface area contributed by atoms with Crippen LogP contribution in [-0.2, 0) is 33.4 Å². The Morgan fingerprint density at radius 3 is 1.97 bits per heavy atom. The van der Waals surface area contributed by atoms with Crippen LogP contribution in [-0.4, -0.2) is 64.4 Å². The van der Waals surface area contributed by atoms with Gasteiger partial charge in [-0.25, -0.2) is 0 Å². The van der Waals surface area contributed by atoms with E-state index in [0.717, 1.165) is 0 Å². The van der Waals surface area contributed by atoms with E-state index < -0.39 is 76.5 Å². The van der Waals surface area contributed by atoms with Crippen molar-refractivity contribution >= 4 is 23.7 Å². The number of Topliss-reactive ketones (excluding diaryl/α,β-unsaturated/α-hetero) is 1. The molecule has 2 bridgehead atoms. The molecule has 0 saturated heterocycles. The second-order valence-corrected chi connectivity index (χ2v) is 11.8. The lowest BCUT2D eigenvalue weighted by Gasteiger charge is -2.68. The number of carbonyl (C=O) groups excluding carboxylic acids is 4. The van der Waals surface area contributed by atoms with Crippen LogP contribution in [0.5, 0.6) is 0 Å². The maximum Gasteiger partial charge on any atom is 0.303 e. The van der Waals surface area contributed by atoms with E-state index in [1.807, 2.05) is 6.92 Å². The van der Waals surface area contributed by atoms with Crippen molar-refractivity contribution in [2.24, 2.45) is 34.0 Å². The Bertz CT molecular complexity index is 985. The quantitative estimate of drug-likeness (QED) is 0.343. The van der Waals surface area contributed by atoms with Crippen LogP contribution in [0.3, 0.4) is 0 Å². The first-order valence-electron chi connectivity index (χ1n) is 12.2. The molecule has 0 heterocycles. The molecule has 9 nitrogen and oxygen atoms in total. The molecule has 4 aliphatic carbocycles. The van der Waals surface area contributed by atoms with Crippen LogP contribution in [0.1, 0.15) is 60.8 Å². The first-order chi connectivity index (χ1) is 16.1. The van der Waals surface area contributed by atoms with Crippen molar-refractivity contribution in [1.29, 1.82) is 0 Å². The standard InChI is InChI=1S/C26H36O9/c1-11-15-8-16(30)19-25(7)10-17(33-12(2)27)22(34-13(3)28)24(5,6)20(25)18(31)23(35-14(4)29)26(19,9-15)21(11)32/h15-20,22-23,30-31H,1,8-10H2,2-7H3. The molecular formula is C26H36O9. The summed E-state index contributed by atoms with van der Waals surface area (Å²) in [6.45, 7) is 13.2.